The Labute approximate surface area is 87.0 Å². The van der Waals surface area contributed by atoms with Gasteiger partial charge in [0.2, 0.25) is 0 Å². The molecule has 0 spiro atoms. The van der Waals surface area contributed by atoms with Crippen molar-refractivity contribution >= 4 is 12.4 Å². The molecule has 0 heterocycles. The normalized spacial score (nSPS) is 6.00. The summed E-state index contributed by atoms with van der Waals surface area (Å²) < 4.78 is 25.2. The monoisotopic (exact) mass is 158 g/mol. The van der Waals surface area contributed by atoms with Crippen molar-refractivity contribution in [2.75, 3.05) is 0 Å². The molecule has 3 nitrogen and oxygen atoms in total. The molecule has 6 heavy (non-hydrogen) atoms. The minimum atomic E-state index is -2.85. The van der Waals surface area contributed by atoms with E-state index in [1.807, 2.05) is 0 Å². The molecule has 0 saturated heterocycles. The van der Waals surface area contributed by atoms with Gasteiger partial charge >= 0.3 is 51.4 Å². The minimum absolute atomic E-state index is 0. The number of hydrogen-bond acceptors (Lipinski definition) is 3. The maximum atomic E-state index is 8.41. The molecule has 0 rings (SSSR count). The average Bonchev–Trinajstić information content (AvgIpc) is 0.811. The van der Waals surface area contributed by atoms with Gasteiger partial charge in [0.25, 0.3) is 0 Å². The van der Waals surface area contributed by atoms with Gasteiger partial charge in [0, 0.05) is 0 Å². The second-order valence-corrected chi connectivity index (χ2v) is 0.567. The molecular formula is HCl2KO3. The second-order valence-electron chi connectivity index (χ2n) is 0.189. The molecular weight excluding hydrogens is 158 g/mol. The molecule has 34 valence electrons. The molecule has 6 heteroatoms. The molecule has 0 radical (unpaired) electrons. The summed E-state index contributed by atoms with van der Waals surface area (Å²) in [5.74, 6) is 0. The van der Waals surface area contributed by atoms with E-state index < -0.39 is 10.8 Å². The second kappa shape index (κ2) is 10.2. The Morgan fingerprint density at radius 2 is 1.00 bits per heavy atom. The fourth-order valence-electron chi connectivity index (χ4n) is 0. The van der Waals surface area contributed by atoms with Crippen molar-refractivity contribution in [2.24, 2.45) is 0 Å². The molecule has 0 aliphatic carbocycles. The summed E-state index contributed by atoms with van der Waals surface area (Å²) in [7, 11) is -2.85. The van der Waals surface area contributed by atoms with E-state index in [9.17, 15) is 0 Å². The van der Waals surface area contributed by atoms with Crippen LogP contribution in [0.3, 0.4) is 0 Å². The van der Waals surface area contributed by atoms with Crippen LogP contribution in [0.2, 0.25) is 0 Å². The topological polar surface area (TPSA) is 69.2 Å². The number of rotatable bonds is 0. The van der Waals surface area contributed by atoms with Crippen molar-refractivity contribution in [1.29, 1.82) is 0 Å². The Morgan fingerprint density at radius 3 is 1.00 bits per heavy atom. The van der Waals surface area contributed by atoms with E-state index in [4.69, 9.17) is 14.0 Å². The Bertz CT molecular complexity index is 13.5. The van der Waals surface area contributed by atoms with Crippen LogP contribution in [0.25, 0.3) is 0 Å². The van der Waals surface area contributed by atoms with Gasteiger partial charge in [0.05, 0.1) is 10.8 Å². The first-order chi connectivity index (χ1) is 1.73. The van der Waals surface area contributed by atoms with Crippen LogP contribution in [0.1, 0.15) is 0 Å². The van der Waals surface area contributed by atoms with Crippen LogP contribution >= 0.6 is 12.4 Å². The van der Waals surface area contributed by atoms with Crippen molar-refractivity contribution in [2.45, 2.75) is 0 Å². The summed E-state index contributed by atoms with van der Waals surface area (Å²) in [4.78, 5) is 0. The van der Waals surface area contributed by atoms with Gasteiger partial charge in [-0.2, -0.15) is 0 Å². The van der Waals surface area contributed by atoms with E-state index >= 15 is 0 Å². The minimum Gasteiger partial charge on any atom is -0.357 e. The van der Waals surface area contributed by atoms with Crippen molar-refractivity contribution in [3.05, 3.63) is 0 Å². The standard InChI is InChI=1S/ClO3.ClH.K/c2-1(3)4;;/h;1H;/q-1;;+1. The fourth-order valence-corrected chi connectivity index (χ4v) is 0. The molecule has 0 aliphatic heterocycles. The van der Waals surface area contributed by atoms with Crippen LogP contribution in [0.5, 0.6) is 0 Å². The molecule has 0 atom stereocenters. The first-order valence-corrected chi connectivity index (χ1v) is 1.39. The van der Waals surface area contributed by atoms with Crippen molar-refractivity contribution in [3.63, 3.8) is 0 Å². The summed E-state index contributed by atoms with van der Waals surface area (Å²) in [5, 5.41) is 0. The zero-order valence-electron chi connectivity index (χ0n) is 3.01. The molecule has 0 aromatic carbocycles. The summed E-state index contributed by atoms with van der Waals surface area (Å²) in [6.45, 7) is 0. The maximum absolute atomic E-state index is 8.41. The summed E-state index contributed by atoms with van der Waals surface area (Å²) in [5.41, 5.74) is 0. The number of hydrogen-bond donors (Lipinski definition) is 0. The van der Waals surface area contributed by atoms with Crippen molar-refractivity contribution < 1.29 is 76.1 Å². The van der Waals surface area contributed by atoms with E-state index in [1.165, 1.54) is 0 Å². The first kappa shape index (κ1) is 15.7. The van der Waals surface area contributed by atoms with E-state index in [1.54, 1.807) is 0 Å². The zero-order valence-corrected chi connectivity index (χ0v) is 7.71. The van der Waals surface area contributed by atoms with Crippen molar-refractivity contribution in [1.82, 2.24) is 0 Å². The van der Waals surface area contributed by atoms with Gasteiger partial charge in [0.15, 0.2) is 0 Å². The Morgan fingerprint density at radius 1 is 1.00 bits per heavy atom. The fraction of sp³-hybridized carbons (Fsp3) is 0. The van der Waals surface area contributed by atoms with Crippen LogP contribution in [-0.2, 0) is 0 Å². The molecule has 0 aliphatic rings. The number of halogens is 2. The van der Waals surface area contributed by atoms with E-state index in [-0.39, 0.29) is 63.8 Å². The summed E-state index contributed by atoms with van der Waals surface area (Å²) in [6, 6.07) is 0. The molecule has 0 fully saturated rings. The van der Waals surface area contributed by atoms with Gasteiger partial charge in [-0.15, -0.1) is 12.4 Å². The van der Waals surface area contributed by atoms with Crippen molar-refractivity contribution in [3.8, 4) is 0 Å². The maximum Gasteiger partial charge on any atom is 1.00 e. The third-order valence-electron chi connectivity index (χ3n) is 0. The average molecular weight is 159 g/mol. The van der Waals surface area contributed by atoms with E-state index in [0.717, 1.165) is 0 Å². The molecule has 0 saturated carbocycles. The molecule has 0 N–H and O–H groups in total. The quantitative estimate of drug-likeness (QED) is 0.330. The van der Waals surface area contributed by atoms with Crippen LogP contribution in [-0.4, -0.2) is 0 Å². The van der Waals surface area contributed by atoms with E-state index in [0.29, 0.717) is 0 Å². The van der Waals surface area contributed by atoms with Gasteiger partial charge in [-0.05, 0) is 0 Å². The van der Waals surface area contributed by atoms with Crippen LogP contribution in [0, 0.1) is 10.8 Å². The Kier molecular flexibility index (Phi) is 26.6. The van der Waals surface area contributed by atoms with Gasteiger partial charge in [-0.25, -0.2) is 0 Å². The molecule has 0 bridgehead atoms. The predicted octanol–water partition coefficient (Wildman–Crippen LogP) is -6.14. The zero-order chi connectivity index (χ0) is 3.58. The molecule has 0 aromatic heterocycles. The summed E-state index contributed by atoms with van der Waals surface area (Å²) in [6.07, 6.45) is 0. The first-order valence-electron chi connectivity index (χ1n) is 0.463. The van der Waals surface area contributed by atoms with Gasteiger partial charge in [-0.1, -0.05) is 0 Å². The van der Waals surface area contributed by atoms with Gasteiger partial charge in [-0.3, -0.25) is 0 Å². The Balaban J connectivity index is -0.0000000450. The smallest absolute Gasteiger partial charge is 0.357 e. The largest absolute Gasteiger partial charge is 1.00 e. The van der Waals surface area contributed by atoms with Crippen LogP contribution in [0.4, 0.5) is 0 Å². The van der Waals surface area contributed by atoms with Gasteiger partial charge in [0.1, 0.15) is 0 Å². The molecule has 0 amide bonds. The predicted molar refractivity (Wildman–Crippen MR) is 7.25 cm³/mol. The SMILES string of the molecule is Cl.[K+].[O-][Cl+2]([O-])[O-]. The summed E-state index contributed by atoms with van der Waals surface area (Å²) >= 11 is 0. The van der Waals surface area contributed by atoms with Crippen LogP contribution in [0.15, 0.2) is 0 Å². The molecule has 0 aromatic rings. The van der Waals surface area contributed by atoms with Gasteiger partial charge < -0.3 is 14.0 Å². The third-order valence-corrected chi connectivity index (χ3v) is 0. The molecule has 0 unspecified atom stereocenters. The van der Waals surface area contributed by atoms with Crippen LogP contribution < -0.4 is 65.4 Å². The third kappa shape index (κ3) is 36.0. The van der Waals surface area contributed by atoms with E-state index in [2.05, 4.69) is 0 Å². The Hall–Kier alpha value is 2.10.